The minimum absolute atomic E-state index is 0.390. The number of furan rings is 1. The number of para-hydroxylation sites is 1. The number of pyridine rings is 1. The fourth-order valence-electron chi connectivity index (χ4n) is 3.31. The predicted molar refractivity (Wildman–Crippen MR) is 130 cm³/mol. The summed E-state index contributed by atoms with van der Waals surface area (Å²) < 4.78 is 11.2. The fraction of sp³-hybridized carbons (Fsp3) is 0.120. The Hall–Kier alpha value is -4.26. The molecule has 4 heterocycles. The second-order valence-electron chi connectivity index (χ2n) is 7.45. The van der Waals surface area contributed by atoms with E-state index in [1.807, 2.05) is 30.3 Å². The van der Waals surface area contributed by atoms with Crippen molar-refractivity contribution in [3.63, 3.8) is 0 Å². The summed E-state index contributed by atoms with van der Waals surface area (Å²) in [6.45, 7) is 1.61. The number of aromatic nitrogens is 4. The van der Waals surface area contributed by atoms with E-state index >= 15 is 0 Å². The first kappa shape index (κ1) is 21.6. The first-order valence-electron chi connectivity index (χ1n) is 10.3. The van der Waals surface area contributed by atoms with Crippen LogP contribution >= 0.6 is 11.3 Å². The first-order valence-corrected chi connectivity index (χ1v) is 11.2. The lowest BCUT2D eigenvalue weighted by Crippen LogP contribution is -2.17. The molecule has 4 aromatic heterocycles. The van der Waals surface area contributed by atoms with Crippen molar-refractivity contribution in [2.24, 2.45) is 0 Å². The average molecular weight is 470 g/mol. The van der Waals surface area contributed by atoms with Crippen molar-refractivity contribution in [1.82, 2.24) is 19.9 Å². The third kappa shape index (κ3) is 4.45. The monoisotopic (exact) mass is 469 g/mol. The molecule has 9 heteroatoms. The molecule has 0 bridgehead atoms. The summed E-state index contributed by atoms with van der Waals surface area (Å²) in [7, 11) is 1.56. The molecule has 5 rings (SSSR count). The van der Waals surface area contributed by atoms with Crippen LogP contribution in [0.2, 0.25) is 0 Å². The van der Waals surface area contributed by atoms with Crippen LogP contribution in [0, 0.1) is 11.8 Å². The Morgan fingerprint density at radius 3 is 2.79 bits per heavy atom. The van der Waals surface area contributed by atoms with Crippen LogP contribution in [-0.2, 0) is 5.60 Å². The number of methoxy groups -OCH3 is 1. The Kier molecular flexibility index (Phi) is 5.67. The SMILES string of the molecule is COc1cccc(Nc2nccc(-c3cccc4cc(C#CC(C)(O)c5nccs5)oc34)n2)n1. The predicted octanol–water partition coefficient (Wildman–Crippen LogP) is 4.75. The van der Waals surface area contributed by atoms with Crippen LogP contribution in [-0.4, -0.2) is 32.2 Å². The van der Waals surface area contributed by atoms with Crippen molar-refractivity contribution in [2.45, 2.75) is 12.5 Å². The van der Waals surface area contributed by atoms with Crippen LogP contribution in [0.15, 0.2) is 70.7 Å². The van der Waals surface area contributed by atoms with Gasteiger partial charge in [-0.05, 0) is 31.0 Å². The maximum Gasteiger partial charge on any atom is 0.228 e. The summed E-state index contributed by atoms with van der Waals surface area (Å²) in [5.41, 5.74) is 0.748. The van der Waals surface area contributed by atoms with Crippen molar-refractivity contribution in [3.8, 4) is 29.0 Å². The van der Waals surface area contributed by atoms with Crippen molar-refractivity contribution in [1.29, 1.82) is 0 Å². The largest absolute Gasteiger partial charge is 0.481 e. The molecule has 0 aliphatic heterocycles. The van der Waals surface area contributed by atoms with Gasteiger partial charge in [0.05, 0.1) is 12.8 Å². The molecule has 34 heavy (non-hydrogen) atoms. The Balaban J connectivity index is 1.46. The Morgan fingerprint density at radius 2 is 1.97 bits per heavy atom. The summed E-state index contributed by atoms with van der Waals surface area (Å²) in [4.78, 5) is 17.4. The van der Waals surface area contributed by atoms with Crippen LogP contribution in [0.1, 0.15) is 17.7 Å². The van der Waals surface area contributed by atoms with Gasteiger partial charge in [0.2, 0.25) is 11.8 Å². The highest BCUT2D eigenvalue weighted by Crippen LogP contribution is 2.31. The van der Waals surface area contributed by atoms with Gasteiger partial charge in [0.15, 0.2) is 11.4 Å². The molecule has 5 aromatic rings. The minimum Gasteiger partial charge on any atom is -0.481 e. The zero-order valence-corrected chi connectivity index (χ0v) is 19.1. The molecule has 0 aliphatic carbocycles. The number of thiazole rings is 1. The van der Waals surface area contributed by atoms with E-state index in [1.165, 1.54) is 11.3 Å². The molecule has 0 aliphatic rings. The van der Waals surface area contributed by atoms with Crippen LogP contribution in [0.25, 0.3) is 22.2 Å². The van der Waals surface area contributed by atoms with E-state index in [9.17, 15) is 5.11 Å². The number of nitrogens with zero attached hydrogens (tertiary/aromatic N) is 4. The van der Waals surface area contributed by atoms with Gasteiger partial charge in [-0.1, -0.05) is 24.1 Å². The molecule has 1 atom stereocenters. The van der Waals surface area contributed by atoms with Crippen molar-refractivity contribution in [2.75, 3.05) is 12.4 Å². The van der Waals surface area contributed by atoms with E-state index in [0.717, 1.165) is 10.9 Å². The highest BCUT2D eigenvalue weighted by atomic mass is 32.1. The Morgan fingerprint density at radius 1 is 1.09 bits per heavy atom. The molecule has 0 saturated carbocycles. The maximum atomic E-state index is 10.6. The third-order valence-corrected chi connectivity index (χ3v) is 5.91. The molecule has 0 radical (unpaired) electrons. The number of nitrogens with one attached hydrogen (secondary N) is 1. The zero-order valence-electron chi connectivity index (χ0n) is 18.3. The van der Waals surface area contributed by atoms with Gasteiger partial charge in [0.1, 0.15) is 16.4 Å². The standard InChI is InChI=1S/C25H19N5O3S/c1-25(31,23-26-13-14-34-23)11-9-17-15-16-5-3-6-18(22(16)33-17)19-10-12-27-24(28-19)30-20-7-4-8-21(29-20)32-2/h3-8,10,12-15,31H,1-2H3,(H,27,28,29,30). The number of anilines is 2. The lowest BCUT2D eigenvalue weighted by atomic mass is 10.1. The molecule has 1 aromatic carbocycles. The lowest BCUT2D eigenvalue weighted by molar-refractivity contribution is 0.121. The molecule has 0 saturated heterocycles. The fourth-order valence-corrected chi connectivity index (χ4v) is 3.96. The van der Waals surface area contributed by atoms with Gasteiger partial charge in [-0.25, -0.2) is 15.0 Å². The molecular weight excluding hydrogens is 450 g/mol. The highest BCUT2D eigenvalue weighted by molar-refractivity contribution is 7.09. The van der Waals surface area contributed by atoms with Crippen LogP contribution in [0.3, 0.4) is 0 Å². The van der Waals surface area contributed by atoms with Crippen LogP contribution < -0.4 is 10.1 Å². The van der Waals surface area contributed by atoms with Crippen molar-refractivity contribution < 1.29 is 14.3 Å². The summed E-state index contributed by atoms with van der Waals surface area (Å²) >= 11 is 1.35. The van der Waals surface area contributed by atoms with E-state index in [4.69, 9.17) is 9.15 Å². The summed E-state index contributed by atoms with van der Waals surface area (Å²) in [5, 5.41) is 16.9. The second-order valence-corrected chi connectivity index (χ2v) is 8.34. The molecule has 168 valence electrons. The van der Waals surface area contributed by atoms with E-state index in [2.05, 4.69) is 37.1 Å². The number of fused-ring (bicyclic) bond motifs is 1. The van der Waals surface area contributed by atoms with Gasteiger partial charge in [0.25, 0.3) is 0 Å². The molecule has 0 spiro atoms. The van der Waals surface area contributed by atoms with Crippen molar-refractivity contribution >= 4 is 34.1 Å². The second kappa shape index (κ2) is 8.94. The highest BCUT2D eigenvalue weighted by Gasteiger charge is 2.23. The number of aliphatic hydroxyl groups is 1. The first-order chi connectivity index (χ1) is 16.5. The summed E-state index contributed by atoms with van der Waals surface area (Å²) in [6, 6.07) is 14.8. The summed E-state index contributed by atoms with van der Waals surface area (Å²) in [6.07, 6.45) is 3.30. The van der Waals surface area contributed by atoms with Crippen LogP contribution in [0.4, 0.5) is 11.8 Å². The maximum absolute atomic E-state index is 10.6. The third-order valence-electron chi connectivity index (χ3n) is 4.93. The van der Waals surface area contributed by atoms with Gasteiger partial charge in [-0.15, -0.1) is 11.3 Å². The van der Waals surface area contributed by atoms with E-state index in [-0.39, 0.29) is 0 Å². The number of rotatable bonds is 5. The van der Waals surface area contributed by atoms with Crippen molar-refractivity contribution in [3.05, 3.63) is 77.1 Å². The molecule has 2 N–H and O–H groups in total. The molecule has 8 nitrogen and oxygen atoms in total. The topological polar surface area (TPSA) is 106 Å². The number of ether oxygens (including phenoxy) is 1. The smallest absolute Gasteiger partial charge is 0.228 e. The quantitative estimate of drug-likeness (QED) is 0.355. The molecule has 1 unspecified atom stereocenters. The Bertz CT molecular complexity index is 1520. The zero-order chi connectivity index (χ0) is 23.5. The average Bonchev–Trinajstić information content (AvgIpc) is 3.53. The Labute approximate surface area is 199 Å². The van der Waals surface area contributed by atoms with Gasteiger partial charge in [0, 0.05) is 40.9 Å². The van der Waals surface area contributed by atoms with Gasteiger partial charge in [-0.2, -0.15) is 4.98 Å². The van der Waals surface area contributed by atoms with Gasteiger partial charge < -0.3 is 19.6 Å². The number of hydrogen-bond acceptors (Lipinski definition) is 9. The lowest BCUT2D eigenvalue weighted by Gasteiger charge is -2.11. The number of hydrogen-bond donors (Lipinski definition) is 2. The molecular formula is C25H19N5O3S. The van der Waals surface area contributed by atoms with Gasteiger partial charge in [-0.3, -0.25) is 0 Å². The molecule has 0 amide bonds. The number of benzene rings is 1. The van der Waals surface area contributed by atoms with Crippen LogP contribution in [0.5, 0.6) is 5.88 Å². The normalized spacial score (nSPS) is 12.6. The van der Waals surface area contributed by atoms with E-state index < -0.39 is 5.60 Å². The van der Waals surface area contributed by atoms with Gasteiger partial charge >= 0.3 is 0 Å². The van der Waals surface area contributed by atoms with E-state index in [1.54, 1.807) is 50.0 Å². The van der Waals surface area contributed by atoms with E-state index in [0.29, 0.717) is 39.7 Å². The molecule has 0 fully saturated rings. The summed E-state index contributed by atoms with van der Waals surface area (Å²) in [5.74, 6) is 7.67. The minimum atomic E-state index is -1.36.